The largest absolute Gasteiger partial charge is 0.478 e. The maximum absolute atomic E-state index is 11.1. The highest BCUT2D eigenvalue weighted by Crippen LogP contribution is 2.18. The molecule has 0 aliphatic heterocycles. The van der Waals surface area contributed by atoms with Crippen LogP contribution in [-0.4, -0.2) is 16.9 Å². The zero-order chi connectivity index (χ0) is 9.23. The molecule has 0 aromatic carbocycles. The Hall–Kier alpha value is -1.12. The second-order valence-electron chi connectivity index (χ2n) is 3.36. The van der Waals surface area contributed by atoms with E-state index in [4.69, 9.17) is 5.11 Å². The zero-order valence-electron chi connectivity index (χ0n) is 6.97. The lowest BCUT2D eigenvalue weighted by Crippen LogP contribution is -2.25. The summed E-state index contributed by atoms with van der Waals surface area (Å²) in [6.45, 7) is 8.14. The molecule has 11 heavy (non-hydrogen) atoms. The summed E-state index contributed by atoms with van der Waals surface area (Å²) < 4.78 is 0. The predicted molar refractivity (Wildman–Crippen MR) is 41.2 cm³/mol. The summed E-state index contributed by atoms with van der Waals surface area (Å²) in [4.78, 5) is 21.4. The van der Waals surface area contributed by atoms with Crippen molar-refractivity contribution in [2.75, 3.05) is 0 Å². The lowest BCUT2D eigenvalue weighted by Gasteiger charge is -2.15. The van der Waals surface area contributed by atoms with E-state index < -0.39 is 17.2 Å². The van der Waals surface area contributed by atoms with Gasteiger partial charge in [0.25, 0.3) is 0 Å². The number of Topliss-reactive ketones (excluding diaryl/α,β-unsaturated/α-hetero) is 1. The van der Waals surface area contributed by atoms with Gasteiger partial charge in [-0.1, -0.05) is 27.4 Å². The third kappa shape index (κ3) is 2.53. The first-order valence-corrected chi connectivity index (χ1v) is 3.24. The molecule has 0 amide bonds. The van der Waals surface area contributed by atoms with Gasteiger partial charge in [-0.15, -0.1) is 0 Å². The van der Waals surface area contributed by atoms with E-state index in [1.807, 2.05) is 0 Å². The van der Waals surface area contributed by atoms with Crippen molar-refractivity contribution in [3.8, 4) is 0 Å². The van der Waals surface area contributed by atoms with Crippen molar-refractivity contribution >= 4 is 11.8 Å². The molecule has 1 N–H and O–H groups in total. The Balaban J connectivity index is 4.53. The molecule has 0 spiro atoms. The molecule has 0 heterocycles. The van der Waals surface area contributed by atoms with Crippen LogP contribution in [0.5, 0.6) is 0 Å². The van der Waals surface area contributed by atoms with E-state index in [0.29, 0.717) is 0 Å². The Bertz CT molecular complexity index is 208. The molecule has 0 atom stereocenters. The smallest absolute Gasteiger partial charge is 0.338 e. The monoisotopic (exact) mass is 156 g/mol. The van der Waals surface area contributed by atoms with Gasteiger partial charge in [0.1, 0.15) is 0 Å². The van der Waals surface area contributed by atoms with E-state index in [2.05, 4.69) is 6.58 Å². The first-order chi connectivity index (χ1) is 4.76. The maximum atomic E-state index is 11.1. The summed E-state index contributed by atoms with van der Waals surface area (Å²) >= 11 is 0. The van der Waals surface area contributed by atoms with E-state index in [1.165, 1.54) is 0 Å². The molecule has 0 rings (SSSR count). The van der Waals surface area contributed by atoms with Crippen LogP contribution in [0, 0.1) is 5.41 Å². The second kappa shape index (κ2) is 2.86. The third-order valence-electron chi connectivity index (χ3n) is 1.21. The molecule has 0 unspecified atom stereocenters. The number of hydrogen-bond acceptors (Lipinski definition) is 2. The standard InChI is InChI=1S/C8H12O3/c1-5(7(10)11)6(9)8(2,3)4/h1H2,2-4H3,(H,10,11). The molecule has 0 aliphatic carbocycles. The predicted octanol–water partition coefficient (Wildman–Crippen LogP) is 1.24. The Kier molecular flexibility index (Phi) is 2.57. The molecule has 0 fully saturated rings. The quantitative estimate of drug-likeness (QED) is 0.372. The zero-order valence-corrected chi connectivity index (χ0v) is 6.97. The number of carbonyl (C=O) groups excluding carboxylic acids is 1. The fraction of sp³-hybridized carbons (Fsp3) is 0.500. The van der Waals surface area contributed by atoms with Gasteiger partial charge in [-0.2, -0.15) is 0 Å². The third-order valence-corrected chi connectivity index (χ3v) is 1.21. The molecule has 62 valence electrons. The number of carbonyl (C=O) groups is 2. The van der Waals surface area contributed by atoms with E-state index in [0.717, 1.165) is 0 Å². The fourth-order valence-corrected chi connectivity index (χ4v) is 0.550. The number of carboxylic acids is 1. The Morgan fingerprint density at radius 1 is 1.27 bits per heavy atom. The minimum absolute atomic E-state index is 0.350. The van der Waals surface area contributed by atoms with Gasteiger partial charge >= 0.3 is 5.97 Å². The molecule has 0 aromatic heterocycles. The van der Waals surface area contributed by atoms with Crippen LogP contribution in [-0.2, 0) is 9.59 Å². The molecule has 0 aromatic rings. The van der Waals surface area contributed by atoms with Gasteiger partial charge in [0.2, 0.25) is 0 Å². The van der Waals surface area contributed by atoms with Crippen LogP contribution >= 0.6 is 0 Å². The van der Waals surface area contributed by atoms with Gasteiger partial charge in [-0.3, -0.25) is 4.79 Å². The van der Waals surface area contributed by atoms with E-state index in [-0.39, 0.29) is 5.57 Å². The molecule has 0 aliphatic rings. The van der Waals surface area contributed by atoms with Crippen molar-refractivity contribution in [3.05, 3.63) is 12.2 Å². The topological polar surface area (TPSA) is 54.4 Å². The molecule has 0 bridgehead atoms. The molecule has 3 nitrogen and oxygen atoms in total. The van der Waals surface area contributed by atoms with Crippen molar-refractivity contribution in [3.63, 3.8) is 0 Å². The molecular formula is C8H12O3. The molecule has 3 heteroatoms. The fourth-order valence-electron chi connectivity index (χ4n) is 0.550. The highest BCUT2D eigenvalue weighted by Gasteiger charge is 2.27. The van der Waals surface area contributed by atoms with Gasteiger partial charge < -0.3 is 5.11 Å². The minimum atomic E-state index is -1.25. The summed E-state index contributed by atoms with van der Waals surface area (Å²) in [5, 5.41) is 8.40. The van der Waals surface area contributed by atoms with Crippen LogP contribution in [0.2, 0.25) is 0 Å². The number of ketones is 1. The minimum Gasteiger partial charge on any atom is -0.478 e. The van der Waals surface area contributed by atoms with Gasteiger partial charge in [0.05, 0.1) is 5.57 Å². The molecular weight excluding hydrogens is 144 g/mol. The number of aliphatic carboxylic acids is 1. The average Bonchev–Trinajstić information content (AvgIpc) is 1.82. The van der Waals surface area contributed by atoms with Crippen molar-refractivity contribution in [2.45, 2.75) is 20.8 Å². The summed E-state index contributed by atoms with van der Waals surface area (Å²) in [7, 11) is 0. The van der Waals surface area contributed by atoms with Crippen LogP contribution in [0.4, 0.5) is 0 Å². The number of rotatable bonds is 2. The van der Waals surface area contributed by atoms with Crippen LogP contribution in [0.15, 0.2) is 12.2 Å². The van der Waals surface area contributed by atoms with E-state index >= 15 is 0 Å². The van der Waals surface area contributed by atoms with Crippen molar-refractivity contribution in [2.24, 2.45) is 5.41 Å². The second-order valence-corrected chi connectivity index (χ2v) is 3.36. The SMILES string of the molecule is C=C(C(=O)O)C(=O)C(C)(C)C. The van der Waals surface area contributed by atoms with Crippen LogP contribution in [0.1, 0.15) is 20.8 Å². The van der Waals surface area contributed by atoms with Gasteiger partial charge in [0, 0.05) is 5.41 Å². The first-order valence-electron chi connectivity index (χ1n) is 3.24. The lowest BCUT2D eigenvalue weighted by molar-refractivity contribution is -0.136. The highest BCUT2D eigenvalue weighted by molar-refractivity contribution is 6.17. The van der Waals surface area contributed by atoms with Crippen LogP contribution in [0.25, 0.3) is 0 Å². The van der Waals surface area contributed by atoms with E-state index in [1.54, 1.807) is 20.8 Å². The maximum Gasteiger partial charge on any atom is 0.338 e. The van der Waals surface area contributed by atoms with E-state index in [9.17, 15) is 9.59 Å². The van der Waals surface area contributed by atoms with Crippen molar-refractivity contribution in [1.82, 2.24) is 0 Å². The Morgan fingerprint density at radius 2 is 1.64 bits per heavy atom. The highest BCUT2D eigenvalue weighted by atomic mass is 16.4. The Morgan fingerprint density at radius 3 is 1.73 bits per heavy atom. The number of carboxylic acid groups (broad SMARTS) is 1. The summed E-state index contributed by atoms with van der Waals surface area (Å²) in [5.74, 6) is -1.67. The molecule has 0 radical (unpaired) electrons. The summed E-state index contributed by atoms with van der Waals surface area (Å²) in [6, 6.07) is 0. The van der Waals surface area contributed by atoms with Crippen LogP contribution < -0.4 is 0 Å². The Labute approximate surface area is 65.7 Å². The lowest BCUT2D eigenvalue weighted by atomic mass is 9.87. The van der Waals surface area contributed by atoms with Gasteiger partial charge in [-0.05, 0) is 0 Å². The molecule has 0 saturated carbocycles. The van der Waals surface area contributed by atoms with Gasteiger partial charge in [0.15, 0.2) is 5.78 Å². The normalized spacial score (nSPS) is 10.8. The first kappa shape index (κ1) is 9.88. The van der Waals surface area contributed by atoms with Gasteiger partial charge in [-0.25, -0.2) is 4.79 Å². The average molecular weight is 156 g/mol. The summed E-state index contributed by atoms with van der Waals surface area (Å²) in [5.41, 5.74) is -1.01. The number of hydrogen-bond donors (Lipinski definition) is 1. The van der Waals surface area contributed by atoms with Crippen LogP contribution in [0.3, 0.4) is 0 Å². The molecule has 0 saturated heterocycles. The van der Waals surface area contributed by atoms with Crippen molar-refractivity contribution < 1.29 is 14.7 Å². The van der Waals surface area contributed by atoms with Crippen molar-refractivity contribution in [1.29, 1.82) is 0 Å². The summed E-state index contributed by atoms with van der Waals surface area (Å²) in [6.07, 6.45) is 0.